The number of hydrogen-bond acceptors (Lipinski definition) is 3. The third kappa shape index (κ3) is 4.49. The van der Waals surface area contributed by atoms with Gasteiger partial charge in [0.05, 0.1) is 12.7 Å². The van der Waals surface area contributed by atoms with Gasteiger partial charge in [-0.3, -0.25) is 0 Å². The Morgan fingerprint density at radius 1 is 1.08 bits per heavy atom. The second-order valence-corrected chi connectivity index (χ2v) is 6.63. The molecule has 0 radical (unpaired) electrons. The van der Waals surface area contributed by atoms with Gasteiger partial charge in [-0.1, -0.05) is 30.7 Å². The van der Waals surface area contributed by atoms with Gasteiger partial charge in [0.15, 0.2) is 0 Å². The van der Waals surface area contributed by atoms with Crippen LogP contribution in [0.1, 0.15) is 53.0 Å². The largest absolute Gasteiger partial charge is 0.438 e. The monoisotopic (exact) mass is 339 g/mol. The van der Waals surface area contributed by atoms with Crippen LogP contribution in [0.3, 0.4) is 0 Å². The molecule has 0 aliphatic heterocycles. The zero-order chi connectivity index (χ0) is 18.6. The van der Waals surface area contributed by atoms with Crippen LogP contribution >= 0.6 is 0 Å². The van der Waals surface area contributed by atoms with Gasteiger partial charge >= 0.3 is 0 Å². The van der Waals surface area contributed by atoms with Gasteiger partial charge in [-0.05, 0) is 63.8 Å². The molecule has 2 aromatic rings. The van der Waals surface area contributed by atoms with E-state index < -0.39 is 0 Å². The van der Waals surface area contributed by atoms with E-state index in [4.69, 9.17) is 9.47 Å². The summed E-state index contributed by atoms with van der Waals surface area (Å²) in [6, 6.07) is 6.36. The average molecular weight is 339 g/mol. The Morgan fingerprint density at radius 3 is 2.28 bits per heavy atom. The lowest BCUT2D eigenvalue weighted by molar-refractivity contribution is 0.0706. The zero-order valence-corrected chi connectivity index (χ0v) is 16.3. The Labute approximate surface area is 151 Å². The highest BCUT2D eigenvalue weighted by molar-refractivity contribution is 5.47. The number of rotatable bonds is 7. The van der Waals surface area contributed by atoms with Crippen LogP contribution in [0.25, 0.3) is 0 Å². The van der Waals surface area contributed by atoms with E-state index in [-0.39, 0.29) is 6.10 Å². The maximum atomic E-state index is 6.26. The fourth-order valence-electron chi connectivity index (χ4n) is 3.20. The Hall–Kier alpha value is -2.13. The first-order chi connectivity index (χ1) is 11.9. The molecule has 2 rings (SSSR count). The van der Waals surface area contributed by atoms with Crippen LogP contribution in [0.15, 0.2) is 30.9 Å². The fraction of sp³-hybridized carbons (Fsp3) is 0.409. The molecule has 0 spiro atoms. The van der Waals surface area contributed by atoms with Crippen molar-refractivity contribution in [2.45, 2.75) is 54.1 Å². The minimum atomic E-state index is 0.0160. The van der Waals surface area contributed by atoms with Gasteiger partial charge in [0.1, 0.15) is 5.75 Å². The van der Waals surface area contributed by atoms with Crippen molar-refractivity contribution in [3.63, 3.8) is 0 Å². The first kappa shape index (κ1) is 19.2. The SMILES string of the molecule is C=CCOC(CC)c1cc(C)nc(Oc2c(C)cc(C)cc2C)c1C. The standard InChI is InChI=1S/C22H29NO2/c1-8-10-24-20(9-2)19-13-17(6)23-22(18(19)7)25-21-15(4)11-14(3)12-16(21)5/h8,11-13,20H,1,9-10H2,2-7H3. The molecule has 1 heterocycles. The van der Waals surface area contributed by atoms with Gasteiger partial charge in [0, 0.05) is 11.3 Å². The van der Waals surface area contributed by atoms with E-state index in [9.17, 15) is 0 Å². The number of aromatic nitrogens is 1. The van der Waals surface area contributed by atoms with Crippen LogP contribution < -0.4 is 4.74 Å². The highest BCUT2D eigenvalue weighted by Gasteiger charge is 2.18. The number of hydrogen-bond donors (Lipinski definition) is 0. The molecule has 134 valence electrons. The van der Waals surface area contributed by atoms with Crippen molar-refractivity contribution in [3.05, 3.63) is 64.4 Å². The third-order valence-corrected chi connectivity index (χ3v) is 4.33. The predicted octanol–water partition coefficient (Wildman–Crippen LogP) is 6.07. The molecule has 0 N–H and O–H groups in total. The minimum Gasteiger partial charge on any atom is -0.438 e. The number of aryl methyl sites for hydroxylation is 4. The van der Waals surface area contributed by atoms with Gasteiger partial charge in [-0.15, -0.1) is 6.58 Å². The number of nitrogens with zero attached hydrogens (tertiary/aromatic N) is 1. The van der Waals surface area contributed by atoms with Crippen molar-refractivity contribution in [1.82, 2.24) is 4.98 Å². The molecule has 3 heteroatoms. The molecule has 0 fully saturated rings. The highest BCUT2D eigenvalue weighted by Crippen LogP contribution is 2.34. The minimum absolute atomic E-state index is 0.0160. The summed E-state index contributed by atoms with van der Waals surface area (Å²) in [6.07, 6.45) is 2.69. The van der Waals surface area contributed by atoms with Crippen molar-refractivity contribution in [2.75, 3.05) is 6.61 Å². The summed E-state index contributed by atoms with van der Waals surface area (Å²) in [7, 11) is 0. The summed E-state index contributed by atoms with van der Waals surface area (Å²) in [5.74, 6) is 1.54. The maximum absolute atomic E-state index is 6.26. The van der Waals surface area contributed by atoms with Crippen LogP contribution in [0.2, 0.25) is 0 Å². The van der Waals surface area contributed by atoms with Crippen molar-refractivity contribution in [3.8, 4) is 11.6 Å². The Morgan fingerprint density at radius 2 is 1.72 bits per heavy atom. The van der Waals surface area contributed by atoms with Gasteiger partial charge in [-0.25, -0.2) is 4.98 Å². The third-order valence-electron chi connectivity index (χ3n) is 4.33. The van der Waals surface area contributed by atoms with Crippen LogP contribution in [0.4, 0.5) is 0 Å². The van der Waals surface area contributed by atoms with E-state index in [2.05, 4.69) is 64.4 Å². The molecule has 1 unspecified atom stereocenters. The van der Waals surface area contributed by atoms with Crippen LogP contribution in [-0.2, 0) is 4.74 Å². The van der Waals surface area contributed by atoms with E-state index in [1.54, 1.807) is 6.08 Å². The van der Waals surface area contributed by atoms with E-state index in [0.717, 1.165) is 40.1 Å². The lowest BCUT2D eigenvalue weighted by Crippen LogP contribution is -2.08. The molecule has 0 saturated heterocycles. The first-order valence-corrected chi connectivity index (χ1v) is 8.83. The Bertz CT molecular complexity index is 742. The average Bonchev–Trinajstić information content (AvgIpc) is 2.55. The van der Waals surface area contributed by atoms with Gasteiger partial charge in [0.25, 0.3) is 0 Å². The van der Waals surface area contributed by atoms with Gasteiger partial charge < -0.3 is 9.47 Å². The quantitative estimate of drug-likeness (QED) is 0.574. The fourth-order valence-corrected chi connectivity index (χ4v) is 3.20. The normalized spacial score (nSPS) is 12.1. The van der Waals surface area contributed by atoms with Crippen molar-refractivity contribution >= 4 is 0 Å². The maximum Gasteiger partial charge on any atom is 0.222 e. The Kier molecular flexibility index (Phi) is 6.38. The van der Waals surface area contributed by atoms with Gasteiger partial charge in [-0.2, -0.15) is 0 Å². The van der Waals surface area contributed by atoms with Crippen molar-refractivity contribution < 1.29 is 9.47 Å². The van der Waals surface area contributed by atoms with E-state index in [0.29, 0.717) is 12.5 Å². The topological polar surface area (TPSA) is 31.4 Å². The Balaban J connectivity index is 2.44. The summed E-state index contributed by atoms with van der Waals surface area (Å²) in [5, 5.41) is 0. The predicted molar refractivity (Wildman–Crippen MR) is 104 cm³/mol. The second kappa shape index (κ2) is 8.30. The summed E-state index contributed by atoms with van der Waals surface area (Å²) >= 11 is 0. The summed E-state index contributed by atoms with van der Waals surface area (Å²) in [6.45, 7) is 16.7. The molecule has 0 aliphatic rings. The van der Waals surface area contributed by atoms with Gasteiger partial charge in [0.2, 0.25) is 5.88 Å². The smallest absolute Gasteiger partial charge is 0.222 e. The second-order valence-electron chi connectivity index (χ2n) is 6.63. The number of pyridine rings is 1. The molecule has 0 saturated carbocycles. The number of benzene rings is 1. The lowest BCUT2D eigenvalue weighted by atomic mass is 10.0. The highest BCUT2D eigenvalue weighted by atomic mass is 16.5. The zero-order valence-electron chi connectivity index (χ0n) is 16.3. The molecular formula is C22H29NO2. The first-order valence-electron chi connectivity index (χ1n) is 8.83. The lowest BCUT2D eigenvalue weighted by Gasteiger charge is -2.21. The molecule has 1 atom stereocenters. The molecule has 0 amide bonds. The summed E-state index contributed by atoms with van der Waals surface area (Å²) in [5.41, 5.74) is 6.57. The molecule has 25 heavy (non-hydrogen) atoms. The van der Waals surface area contributed by atoms with E-state index in [1.165, 1.54) is 5.56 Å². The molecule has 1 aromatic heterocycles. The molecular weight excluding hydrogens is 310 g/mol. The van der Waals surface area contributed by atoms with Crippen molar-refractivity contribution in [1.29, 1.82) is 0 Å². The summed E-state index contributed by atoms with van der Waals surface area (Å²) in [4.78, 5) is 4.63. The molecule has 0 bridgehead atoms. The molecule has 3 nitrogen and oxygen atoms in total. The number of ether oxygens (including phenoxy) is 2. The van der Waals surface area contributed by atoms with E-state index in [1.807, 2.05) is 6.92 Å². The molecule has 0 aliphatic carbocycles. The van der Waals surface area contributed by atoms with E-state index >= 15 is 0 Å². The van der Waals surface area contributed by atoms with Crippen LogP contribution in [-0.4, -0.2) is 11.6 Å². The van der Waals surface area contributed by atoms with Crippen LogP contribution in [0.5, 0.6) is 11.6 Å². The van der Waals surface area contributed by atoms with Crippen molar-refractivity contribution in [2.24, 2.45) is 0 Å². The molecule has 1 aromatic carbocycles. The summed E-state index contributed by atoms with van der Waals surface area (Å²) < 4.78 is 12.2. The van der Waals surface area contributed by atoms with Crippen LogP contribution in [0, 0.1) is 34.6 Å².